The predicted molar refractivity (Wildman–Crippen MR) is 64.2 cm³/mol. The Morgan fingerprint density at radius 2 is 2.00 bits per heavy atom. The molecule has 0 amide bonds. The minimum atomic E-state index is -1.37. The average Bonchev–Trinajstić information content (AvgIpc) is 3.07. The van der Waals surface area contributed by atoms with Crippen molar-refractivity contribution in [2.24, 2.45) is 5.41 Å². The van der Waals surface area contributed by atoms with E-state index in [-0.39, 0.29) is 12.0 Å². The number of hydrogen-bond acceptors (Lipinski definition) is 3. The number of rotatable bonds is 4. The zero-order chi connectivity index (χ0) is 12.5. The molecular formula is C14H18O3. The maximum Gasteiger partial charge on any atom is 0.338 e. The van der Waals surface area contributed by atoms with Crippen LogP contribution in [0.3, 0.4) is 0 Å². The molecule has 1 N–H and O–H groups in total. The summed E-state index contributed by atoms with van der Waals surface area (Å²) in [7, 11) is 0. The summed E-state index contributed by atoms with van der Waals surface area (Å²) >= 11 is 0. The van der Waals surface area contributed by atoms with E-state index in [2.05, 4.69) is 0 Å². The lowest BCUT2D eigenvalue weighted by Crippen LogP contribution is -2.44. The summed E-state index contributed by atoms with van der Waals surface area (Å²) in [5.74, 6) is -0.527. The Morgan fingerprint density at radius 1 is 1.41 bits per heavy atom. The van der Waals surface area contributed by atoms with Gasteiger partial charge in [0.1, 0.15) is 6.61 Å². The Morgan fingerprint density at radius 3 is 2.53 bits per heavy atom. The molecule has 3 heteroatoms. The summed E-state index contributed by atoms with van der Waals surface area (Å²) in [6.07, 6.45) is 1.75. The van der Waals surface area contributed by atoms with E-state index in [4.69, 9.17) is 4.74 Å². The van der Waals surface area contributed by atoms with Crippen LogP contribution in [-0.2, 0) is 16.1 Å². The molecule has 0 heterocycles. The van der Waals surface area contributed by atoms with Gasteiger partial charge in [0.15, 0.2) is 5.60 Å². The second-order valence-electron chi connectivity index (χ2n) is 5.19. The predicted octanol–water partition coefficient (Wildman–Crippen LogP) is 2.28. The molecule has 1 atom stereocenters. The molecule has 0 saturated heterocycles. The van der Waals surface area contributed by atoms with Crippen molar-refractivity contribution >= 4 is 5.97 Å². The molecule has 1 aromatic carbocycles. The molecule has 17 heavy (non-hydrogen) atoms. The zero-order valence-corrected chi connectivity index (χ0v) is 10.3. The maximum absolute atomic E-state index is 11.9. The van der Waals surface area contributed by atoms with E-state index in [1.165, 1.54) is 0 Å². The molecule has 0 radical (unpaired) electrons. The first-order chi connectivity index (χ1) is 7.96. The van der Waals surface area contributed by atoms with Crippen molar-refractivity contribution in [2.75, 3.05) is 0 Å². The molecule has 0 spiro atoms. The van der Waals surface area contributed by atoms with E-state index in [9.17, 15) is 9.90 Å². The van der Waals surface area contributed by atoms with Crippen molar-refractivity contribution in [3.05, 3.63) is 35.9 Å². The van der Waals surface area contributed by atoms with Gasteiger partial charge in [-0.2, -0.15) is 0 Å². The number of carbonyl (C=O) groups is 1. The van der Waals surface area contributed by atoms with Gasteiger partial charge in [0.25, 0.3) is 0 Å². The minimum Gasteiger partial charge on any atom is -0.459 e. The molecule has 1 aromatic rings. The molecule has 0 aliphatic heterocycles. The number of carbonyl (C=O) groups excluding carboxylic acids is 1. The van der Waals surface area contributed by atoms with Crippen molar-refractivity contribution in [2.45, 2.75) is 38.9 Å². The van der Waals surface area contributed by atoms with Gasteiger partial charge in [0.05, 0.1) is 0 Å². The van der Waals surface area contributed by atoms with Crippen molar-refractivity contribution in [1.82, 2.24) is 0 Å². The molecule has 0 unspecified atom stereocenters. The summed E-state index contributed by atoms with van der Waals surface area (Å²) in [6.45, 7) is 3.68. The maximum atomic E-state index is 11.9. The van der Waals surface area contributed by atoms with E-state index in [0.29, 0.717) is 0 Å². The van der Waals surface area contributed by atoms with Gasteiger partial charge in [-0.15, -0.1) is 0 Å². The van der Waals surface area contributed by atoms with Crippen molar-refractivity contribution < 1.29 is 14.6 Å². The Hall–Kier alpha value is -1.35. The number of benzene rings is 1. The van der Waals surface area contributed by atoms with E-state index >= 15 is 0 Å². The third kappa shape index (κ3) is 2.34. The highest BCUT2D eigenvalue weighted by Gasteiger charge is 2.57. The third-order valence-corrected chi connectivity index (χ3v) is 3.79. The smallest absolute Gasteiger partial charge is 0.338 e. The highest BCUT2D eigenvalue weighted by Crippen LogP contribution is 2.53. The lowest BCUT2D eigenvalue weighted by atomic mass is 9.88. The van der Waals surface area contributed by atoms with Crippen LogP contribution in [0.4, 0.5) is 0 Å². The lowest BCUT2D eigenvalue weighted by molar-refractivity contribution is -0.172. The largest absolute Gasteiger partial charge is 0.459 e. The quantitative estimate of drug-likeness (QED) is 0.813. The van der Waals surface area contributed by atoms with Gasteiger partial charge in [-0.3, -0.25) is 0 Å². The fourth-order valence-electron chi connectivity index (χ4n) is 1.78. The summed E-state index contributed by atoms with van der Waals surface area (Å²) in [5, 5.41) is 10.2. The third-order valence-electron chi connectivity index (χ3n) is 3.79. The summed E-state index contributed by atoms with van der Waals surface area (Å²) in [5.41, 5.74) is -0.750. The van der Waals surface area contributed by atoms with Crippen LogP contribution in [0, 0.1) is 5.41 Å². The molecule has 1 aliphatic rings. The highest BCUT2D eigenvalue weighted by atomic mass is 16.5. The highest BCUT2D eigenvalue weighted by molar-refractivity contribution is 5.80. The van der Waals surface area contributed by atoms with Crippen LogP contribution in [0.5, 0.6) is 0 Å². The first-order valence-corrected chi connectivity index (χ1v) is 5.89. The molecule has 1 saturated carbocycles. The molecule has 1 fully saturated rings. The Kier molecular flexibility index (Phi) is 2.96. The zero-order valence-electron chi connectivity index (χ0n) is 10.3. The number of ether oxygens (including phenoxy) is 1. The Balaban J connectivity index is 1.94. The summed E-state index contributed by atoms with van der Waals surface area (Å²) in [4.78, 5) is 11.9. The van der Waals surface area contributed by atoms with E-state index in [0.717, 1.165) is 18.4 Å². The first-order valence-electron chi connectivity index (χ1n) is 5.89. The molecule has 92 valence electrons. The monoisotopic (exact) mass is 234 g/mol. The van der Waals surface area contributed by atoms with Crippen LogP contribution in [0.15, 0.2) is 30.3 Å². The van der Waals surface area contributed by atoms with Crippen LogP contribution in [0.2, 0.25) is 0 Å². The summed E-state index contributed by atoms with van der Waals surface area (Å²) < 4.78 is 5.17. The average molecular weight is 234 g/mol. The Bertz CT molecular complexity index is 405. The van der Waals surface area contributed by atoms with Gasteiger partial charge < -0.3 is 9.84 Å². The normalized spacial score (nSPS) is 20.4. The van der Waals surface area contributed by atoms with Gasteiger partial charge in [0.2, 0.25) is 0 Å². The van der Waals surface area contributed by atoms with Crippen molar-refractivity contribution in [3.63, 3.8) is 0 Å². The van der Waals surface area contributed by atoms with Crippen LogP contribution < -0.4 is 0 Å². The van der Waals surface area contributed by atoms with Crippen molar-refractivity contribution in [1.29, 1.82) is 0 Å². The standard InChI is InChI=1S/C14H18O3/c1-13(8-9-13)14(2,16)12(15)17-10-11-6-4-3-5-7-11/h3-7,16H,8-10H2,1-2H3/t14-/m1/s1. The number of esters is 1. The molecular weight excluding hydrogens is 216 g/mol. The SMILES string of the molecule is CC1([C@](C)(O)C(=O)OCc2ccccc2)CC1. The van der Waals surface area contributed by atoms with E-state index in [1.807, 2.05) is 37.3 Å². The van der Waals surface area contributed by atoms with Gasteiger partial charge >= 0.3 is 5.97 Å². The summed E-state index contributed by atoms with van der Waals surface area (Å²) in [6, 6.07) is 9.47. The second-order valence-corrected chi connectivity index (χ2v) is 5.19. The molecule has 3 nitrogen and oxygen atoms in total. The van der Waals surface area contributed by atoms with E-state index in [1.54, 1.807) is 6.92 Å². The first kappa shape index (κ1) is 12.1. The second kappa shape index (κ2) is 4.15. The van der Waals surface area contributed by atoms with Crippen LogP contribution in [0.1, 0.15) is 32.3 Å². The van der Waals surface area contributed by atoms with Gasteiger partial charge in [0, 0.05) is 5.41 Å². The number of aliphatic hydroxyl groups is 1. The molecule has 0 bridgehead atoms. The van der Waals surface area contributed by atoms with E-state index < -0.39 is 11.6 Å². The van der Waals surface area contributed by atoms with Gasteiger partial charge in [-0.05, 0) is 25.3 Å². The van der Waals surface area contributed by atoms with Crippen LogP contribution >= 0.6 is 0 Å². The molecule has 0 aromatic heterocycles. The lowest BCUT2D eigenvalue weighted by Gasteiger charge is -2.27. The van der Waals surface area contributed by atoms with Gasteiger partial charge in [-0.1, -0.05) is 37.3 Å². The fourth-order valence-corrected chi connectivity index (χ4v) is 1.78. The number of hydrogen-bond donors (Lipinski definition) is 1. The molecule has 2 rings (SSSR count). The topological polar surface area (TPSA) is 46.5 Å². The van der Waals surface area contributed by atoms with Gasteiger partial charge in [-0.25, -0.2) is 4.79 Å². The van der Waals surface area contributed by atoms with Crippen molar-refractivity contribution in [3.8, 4) is 0 Å². The fraction of sp³-hybridized carbons (Fsp3) is 0.500. The Labute approximate surface area is 101 Å². The minimum absolute atomic E-state index is 0.214. The van der Waals surface area contributed by atoms with Crippen LogP contribution in [0.25, 0.3) is 0 Å². The molecule has 1 aliphatic carbocycles. The van der Waals surface area contributed by atoms with Crippen LogP contribution in [-0.4, -0.2) is 16.7 Å².